The molecule has 5 amide bonds. The molecule has 6 atom stereocenters. The van der Waals surface area contributed by atoms with Gasteiger partial charge in [0.2, 0.25) is 23.6 Å². The molecule has 4 aliphatic heterocycles. The van der Waals surface area contributed by atoms with Crippen molar-refractivity contribution in [2.24, 2.45) is 0 Å². The molecule has 0 unspecified atom stereocenters. The van der Waals surface area contributed by atoms with Crippen LogP contribution in [0.2, 0.25) is 0 Å². The minimum atomic E-state index is -5.08. The van der Waals surface area contributed by atoms with Gasteiger partial charge in [0.05, 0.1) is 82.7 Å². The third-order valence-electron chi connectivity index (χ3n) is 17.8. The van der Waals surface area contributed by atoms with Crippen LogP contribution in [0.15, 0.2) is 127 Å². The smallest absolute Gasteiger partial charge is 0.416 e. The van der Waals surface area contributed by atoms with Crippen molar-refractivity contribution in [3.63, 3.8) is 0 Å². The fraction of sp³-hybridized carbons (Fsp3) is 0.439. The first kappa shape index (κ1) is 71.5. The Kier molecular flexibility index (Phi) is 21.5. The van der Waals surface area contributed by atoms with Gasteiger partial charge in [-0.25, -0.2) is 4.79 Å². The molecule has 2 spiro atoms. The van der Waals surface area contributed by atoms with Crippen LogP contribution in [-0.4, -0.2) is 104 Å². The van der Waals surface area contributed by atoms with E-state index in [-0.39, 0.29) is 82.5 Å². The highest BCUT2D eigenvalue weighted by atomic mass is 19.4. The molecule has 4 saturated heterocycles. The highest BCUT2D eigenvalue weighted by molar-refractivity contribution is 6.00. The maximum Gasteiger partial charge on any atom is 0.416 e. The van der Waals surface area contributed by atoms with Gasteiger partial charge in [-0.15, -0.1) is 0 Å². The van der Waals surface area contributed by atoms with Crippen molar-refractivity contribution in [1.29, 1.82) is 0 Å². The molecule has 5 aromatic carbocycles. The Labute approximate surface area is 531 Å². The standard InChI is InChI=1S/C37H36F6N2O7.C29H30F6N2O5/c1-24(26-18-28(36(38,39)40)20-29(19-26)37(41,42)43)52-23-35(27-10-6-3-7-11-27)17-16-34(15-14-31(47)45(34)30(46)12-13-32(48)49)22-44(35)33(50)51-21-25-8-4-2-5-9-25;1-18(19-13-21(28(30,31)32)15-22(14-19)29(33,34)35)42-17-27(20-5-3-2-4-6-20)12-11-26(16-36-27)10-9-24(39)37(26)23(38)7-8-25(40)41/h2-11,18-20,24H,12-17,21-23H2,1H3,(H,48,49);2-6,13-15,18,36H,7-12,16-17H2,1H3,(H,40,41)/t24-,34-,35-;18-,26-,27-/m11/s1. The van der Waals surface area contributed by atoms with Gasteiger partial charge in [-0.05, 0) is 117 Å². The van der Waals surface area contributed by atoms with Gasteiger partial charge in [0.25, 0.3) is 0 Å². The van der Waals surface area contributed by atoms with Crippen LogP contribution in [0.5, 0.6) is 0 Å². The first-order chi connectivity index (χ1) is 44.0. The van der Waals surface area contributed by atoms with Crippen LogP contribution >= 0.6 is 0 Å². The molecule has 0 bridgehead atoms. The highest BCUT2D eigenvalue weighted by Crippen LogP contribution is 2.50. The molecule has 28 heteroatoms. The zero-order valence-corrected chi connectivity index (χ0v) is 50.7. The fourth-order valence-electron chi connectivity index (χ4n) is 12.6. The van der Waals surface area contributed by atoms with Crippen LogP contribution in [0, 0.1) is 0 Å². The number of alkyl halides is 12. The van der Waals surface area contributed by atoms with Crippen molar-refractivity contribution >= 4 is 41.7 Å². The molecule has 9 rings (SSSR count). The second-order valence-corrected chi connectivity index (χ2v) is 23.9. The summed E-state index contributed by atoms with van der Waals surface area (Å²) in [6.45, 7) is 1.83. The van der Waals surface area contributed by atoms with Crippen molar-refractivity contribution in [2.75, 3.05) is 26.3 Å². The zero-order valence-electron chi connectivity index (χ0n) is 50.7. The minimum absolute atomic E-state index is 0.0244. The number of hydrogen-bond donors (Lipinski definition) is 3. The Morgan fingerprint density at radius 3 is 1.34 bits per heavy atom. The van der Waals surface area contributed by atoms with E-state index in [1.165, 1.54) is 18.7 Å². The number of amides is 5. The summed E-state index contributed by atoms with van der Waals surface area (Å²) < 4.78 is 180. The van der Waals surface area contributed by atoms with Crippen LogP contribution in [0.4, 0.5) is 57.5 Å². The Morgan fingerprint density at radius 1 is 0.511 bits per heavy atom. The van der Waals surface area contributed by atoms with Crippen molar-refractivity contribution in [3.8, 4) is 0 Å². The quantitative estimate of drug-likeness (QED) is 0.0698. The summed E-state index contributed by atoms with van der Waals surface area (Å²) in [5.74, 6) is -4.62. The van der Waals surface area contributed by atoms with E-state index >= 15 is 0 Å². The van der Waals surface area contributed by atoms with Crippen molar-refractivity contribution in [3.05, 3.63) is 177 Å². The van der Waals surface area contributed by atoms with E-state index in [4.69, 9.17) is 19.3 Å². The number of carboxylic acids is 2. The molecular formula is C66H66F12N4O12. The van der Waals surface area contributed by atoms with E-state index in [1.54, 1.807) is 91.0 Å². The number of piperidine rings is 2. The van der Waals surface area contributed by atoms with Crippen LogP contribution in [-0.2, 0) is 85.4 Å². The van der Waals surface area contributed by atoms with Crippen molar-refractivity contribution in [2.45, 2.75) is 157 Å². The monoisotopic (exact) mass is 1330 g/mol. The third kappa shape index (κ3) is 16.4. The number of carbonyl (C=O) groups is 7. The van der Waals surface area contributed by atoms with Gasteiger partial charge in [0.15, 0.2) is 0 Å². The maximum atomic E-state index is 14.2. The lowest BCUT2D eigenvalue weighted by atomic mass is 9.73. The molecule has 0 aromatic heterocycles. The maximum absolute atomic E-state index is 14.2. The van der Waals surface area contributed by atoms with E-state index in [0.717, 1.165) is 15.4 Å². The van der Waals surface area contributed by atoms with Crippen molar-refractivity contribution < 1.29 is 111 Å². The first-order valence-electron chi connectivity index (χ1n) is 29.8. The second-order valence-electron chi connectivity index (χ2n) is 23.9. The fourth-order valence-corrected chi connectivity index (χ4v) is 12.6. The summed E-state index contributed by atoms with van der Waals surface area (Å²) in [4.78, 5) is 92.0. The average Bonchev–Trinajstić information content (AvgIpc) is 1.36. The number of carboxylic acid groups (broad SMARTS) is 2. The lowest BCUT2D eigenvalue weighted by molar-refractivity contribution is -0.155. The van der Waals surface area contributed by atoms with Gasteiger partial charge in [0, 0.05) is 38.8 Å². The lowest BCUT2D eigenvalue weighted by Crippen LogP contribution is -2.66. The van der Waals surface area contributed by atoms with Crippen LogP contribution < -0.4 is 5.32 Å². The molecule has 4 heterocycles. The average molecular weight is 1340 g/mol. The van der Waals surface area contributed by atoms with Crippen LogP contribution in [0.25, 0.3) is 0 Å². The Balaban J connectivity index is 0.000000247. The third-order valence-corrected chi connectivity index (χ3v) is 17.8. The van der Waals surface area contributed by atoms with Crippen molar-refractivity contribution in [1.82, 2.24) is 20.0 Å². The number of rotatable bonds is 18. The zero-order chi connectivity index (χ0) is 68.8. The van der Waals surface area contributed by atoms with E-state index < -0.39 is 154 Å². The Bertz CT molecular complexity index is 3500. The number of nitrogens with one attached hydrogen (secondary N) is 1. The minimum Gasteiger partial charge on any atom is -0.481 e. The number of likely N-dealkylation sites (tertiary alicyclic amines) is 3. The number of hydrogen-bond acceptors (Lipinski definition) is 11. The molecule has 506 valence electrons. The molecule has 5 aromatic rings. The number of ether oxygens (including phenoxy) is 3. The molecule has 16 nitrogen and oxygen atoms in total. The van der Waals surface area contributed by atoms with Gasteiger partial charge in [-0.1, -0.05) is 91.0 Å². The molecule has 3 N–H and O–H groups in total. The summed E-state index contributed by atoms with van der Waals surface area (Å²) in [7, 11) is 0. The number of aliphatic carboxylic acids is 2. The van der Waals surface area contributed by atoms with Gasteiger partial charge < -0.3 is 29.7 Å². The summed E-state index contributed by atoms with van der Waals surface area (Å²) in [5, 5.41) is 21.5. The number of carbonyl (C=O) groups excluding carboxylic acids is 5. The van der Waals surface area contributed by atoms with E-state index in [9.17, 15) is 91.4 Å². The SMILES string of the molecule is C[C@@H](OC[C@@]1(c2ccccc2)CC[C@]2(CCC(=O)N2C(=O)CCC(=O)O)CN1)c1cc(C(F)(F)F)cc(C(F)(F)F)c1.C[C@@H](OC[C@@]1(c2ccccc2)CC[C@]2(CCC(=O)N2C(=O)CCC(=O)O)CN1C(=O)OCc1ccccc1)c1cc(C(F)(F)F)cc(C(F)(F)F)c1. The molecule has 0 aliphatic carbocycles. The van der Waals surface area contributed by atoms with E-state index in [1.807, 2.05) is 0 Å². The van der Waals surface area contributed by atoms with Crippen LogP contribution in [0.1, 0.15) is 153 Å². The second kappa shape index (κ2) is 28.3. The summed E-state index contributed by atoms with van der Waals surface area (Å²) in [6.07, 6.45) is -23.8. The number of nitrogens with zero attached hydrogens (tertiary/aromatic N) is 3. The molecule has 94 heavy (non-hydrogen) atoms. The van der Waals surface area contributed by atoms with Gasteiger partial charge >= 0.3 is 42.7 Å². The Hall–Kier alpha value is -8.37. The number of halogens is 12. The van der Waals surface area contributed by atoms with Gasteiger partial charge in [0.1, 0.15) is 6.61 Å². The summed E-state index contributed by atoms with van der Waals surface area (Å²) in [6, 6.07) is 28.6. The number of imide groups is 2. The molecule has 4 fully saturated rings. The highest BCUT2D eigenvalue weighted by Gasteiger charge is 2.59. The topological polar surface area (TPSA) is 209 Å². The summed E-state index contributed by atoms with van der Waals surface area (Å²) >= 11 is 0. The molecule has 0 radical (unpaired) electrons. The molecule has 0 saturated carbocycles. The van der Waals surface area contributed by atoms with Crippen LogP contribution in [0.3, 0.4) is 0 Å². The largest absolute Gasteiger partial charge is 0.481 e. The van der Waals surface area contributed by atoms with E-state index in [0.29, 0.717) is 54.7 Å². The van der Waals surface area contributed by atoms with Gasteiger partial charge in [-0.2, -0.15) is 52.7 Å². The predicted molar refractivity (Wildman–Crippen MR) is 309 cm³/mol. The number of benzene rings is 5. The summed E-state index contributed by atoms with van der Waals surface area (Å²) in [5.41, 5.74) is -9.17. The Morgan fingerprint density at radius 2 is 0.915 bits per heavy atom. The van der Waals surface area contributed by atoms with E-state index in [2.05, 4.69) is 5.32 Å². The first-order valence-corrected chi connectivity index (χ1v) is 29.8. The van der Waals surface area contributed by atoms with Gasteiger partial charge in [-0.3, -0.25) is 43.5 Å². The lowest BCUT2D eigenvalue weighted by Gasteiger charge is -2.54. The predicted octanol–water partition coefficient (Wildman–Crippen LogP) is 13.7. The molecule has 4 aliphatic rings. The normalized spacial score (nSPS) is 22.4. The molecular weight excluding hydrogens is 1270 g/mol.